The van der Waals surface area contributed by atoms with Crippen LogP contribution in [0.4, 0.5) is 17.1 Å². The molecule has 34 heavy (non-hydrogen) atoms. The van der Waals surface area contributed by atoms with Gasteiger partial charge in [-0.15, -0.1) is 0 Å². The van der Waals surface area contributed by atoms with Crippen LogP contribution in [0.5, 0.6) is 5.75 Å². The Morgan fingerprint density at radius 2 is 1.56 bits per heavy atom. The average molecular weight is 459 g/mol. The molecule has 3 aromatic carbocycles. The number of hydrogen-bond donors (Lipinski definition) is 2. The smallest absolute Gasteiger partial charge is 0.257 e. The van der Waals surface area contributed by atoms with Gasteiger partial charge in [0.2, 0.25) is 0 Å². The number of methoxy groups -OCH3 is 1. The maximum absolute atomic E-state index is 13.1. The molecular formula is C27H30N4O3. The first kappa shape index (κ1) is 23.3. The molecule has 176 valence electrons. The van der Waals surface area contributed by atoms with E-state index >= 15 is 0 Å². The normalized spacial score (nSPS) is 14.2. The molecule has 4 rings (SSSR count). The van der Waals surface area contributed by atoms with Gasteiger partial charge in [0, 0.05) is 36.6 Å². The van der Waals surface area contributed by atoms with E-state index in [0.717, 1.165) is 38.3 Å². The number of carbonyl (C=O) groups is 2. The SMILES string of the molecule is COc1cccc(C(=O)Nc2ccccc2)c1NC(=O)c1ccc(N2CCCN(C)CC2)cc1. The summed E-state index contributed by atoms with van der Waals surface area (Å²) >= 11 is 0. The van der Waals surface area contributed by atoms with Crippen LogP contribution in [0.15, 0.2) is 72.8 Å². The largest absolute Gasteiger partial charge is 0.495 e. The number of benzene rings is 3. The predicted octanol–water partition coefficient (Wildman–Crippen LogP) is 4.34. The lowest BCUT2D eigenvalue weighted by atomic mass is 10.1. The number of amides is 2. The van der Waals surface area contributed by atoms with E-state index < -0.39 is 0 Å². The Hall–Kier alpha value is -3.84. The van der Waals surface area contributed by atoms with E-state index in [9.17, 15) is 9.59 Å². The summed E-state index contributed by atoms with van der Waals surface area (Å²) in [5.74, 6) is -0.221. The molecule has 7 nitrogen and oxygen atoms in total. The van der Waals surface area contributed by atoms with Crippen molar-refractivity contribution in [2.45, 2.75) is 6.42 Å². The molecule has 1 aliphatic heterocycles. The molecule has 1 aliphatic rings. The van der Waals surface area contributed by atoms with Gasteiger partial charge in [-0.25, -0.2) is 0 Å². The number of anilines is 3. The van der Waals surface area contributed by atoms with Crippen molar-refractivity contribution in [2.75, 3.05) is 55.9 Å². The number of ether oxygens (including phenoxy) is 1. The molecule has 2 N–H and O–H groups in total. The van der Waals surface area contributed by atoms with Crippen LogP contribution in [0, 0.1) is 0 Å². The monoisotopic (exact) mass is 458 g/mol. The van der Waals surface area contributed by atoms with Crippen LogP contribution in [0.3, 0.4) is 0 Å². The maximum Gasteiger partial charge on any atom is 0.257 e. The van der Waals surface area contributed by atoms with Crippen molar-refractivity contribution in [1.82, 2.24) is 4.90 Å². The van der Waals surface area contributed by atoms with E-state index in [-0.39, 0.29) is 11.8 Å². The van der Waals surface area contributed by atoms with Crippen LogP contribution >= 0.6 is 0 Å². The van der Waals surface area contributed by atoms with Crippen molar-refractivity contribution in [3.8, 4) is 5.75 Å². The van der Waals surface area contributed by atoms with Crippen molar-refractivity contribution in [3.05, 3.63) is 83.9 Å². The first-order valence-corrected chi connectivity index (χ1v) is 11.4. The summed E-state index contributed by atoms with van der Waals surface area (Å²) < 4.78 is 5.44. The summed E-state index contributed by atoms with van der Waals surface area (Å²) in [6.45, 7) is 4.07. The predicted molar refractivity (Wildman–Crippen MR) is 136 cm³/mol. The van der Waals surface area contributed by atoms with Crippen LogP contribution in [0.2, 0.25) is 0 Å². The summed E-state index contributed by atoms with van der Waals surface area (Å²) in [6, 6.07) is 21.9. The second-order valence-electron chi connectivity index (χ2n) is 8.35. The molecule has 0 unspecified atom stereocenters. The molecule has 1 fully saturated rings. The zero-order valence-electron chi connectivity index (χ0n) is 19.6. The van der Waals surface area contributed by atoms with Gasteiger partial charge in [-0.2, -0.15) is 0 Å². The van der Waals surface area contributed by atoms with Gasteiger partial charge in [-0.05, 0) is 68.5 Å². The van der Waals surface area contributed by atoms with Gasteiger partial charge in [-0.1, -0.05) is 24.3 Å². The summed E-state index contributed by atoms with van der Waals surface area (Å²) in [6.07, 6.45) is 1.11. The molecule has 3 aromatic rings. The summed E-state index contributed by atoms with van der Waals surface area (Å²) in [4.78, 5) is 30.7. The highest BCUT2D eigenvalue weighted by molar-refractivity contribution is 6.13. The van der Waals surface area contributed by atoms with Crippen molar-refractivity contribution < 1.29 is 14.3 Å². The molecule has 2 amide bonds. The third-order valence-corrected chi connectivity index (χ3v) is 5.98. The number of para-hydroxylation sites is 2. The lowest BCUT2D eigenvalue weighted by Gasteiger charge is -2.23. The molecule has 0 spiro atoms. The van der Waals surface area contributed by atoms with E-state index in [2.05, 4.69) is 27.5 Å². The minimum absolute atomic E-state index is 0.305. The first-order chi connectivity index (χ1) is 16.5. The van der Waals surface area contributed by atoms with Crippen molar-refractivity contribution in [2.24, 2.45) is 0 Å². The Bertz CT molecular complexity index is 1130. The summed E-state index contributed by atoms with van der Waals surface area (Å²) in [5, 5.41) is 5.74. The number of carbonyl (C=O) groups excluding carboxylic acids is 2. The molecule has 7 heteroatoms. The Morgan fingerprint density at radius 1 is 0.794 bits per heavy atom. The van der Waals surface area contributed by atoms with Crippen molar-refractivity contribution >= 4 is 28.9 Å². The van der Waals surface area contributed by atoms with Crippen LogP contribution in [0.1, 0.15) is 27.1 Å². The molecular weight excluding hydrogens is 428 g/mol. The standard InChI is InChI=1S/C27H30N4O3/c1-30-16-7-17-31(19-18-30)22-14-12-20(13-15-22)26(32)29-25-23(10-6-11-24(25)34-2)27(33)28-21-8-4-3-5-9-21/h3-6,8-15H,7,16-19H2,1-2H3,(H,28,33)(H,29,32). The van der Waals surface area contributed by atoms with Gasteiger partial charge in [0.05, 0.1) is 18.4 Å². The third-order valence-electron chi connectivity index (χ3n) is 5.98. The number of hydrogen-bond acceptors (Lipinski definition) is 5. The van der Waals surface area contributed by atoms with Gasteiger partial charge in [0.1, 0.15) is 5.75 Å². The second-order valence-corrected chi connectivity index (χ2v) is 8.35. The Labute approximate surface area is 200 Å². The Balaban J connectivity index is 1.51. The highest BCUT2D eigenvalue weighted by atomic mass is 16.5. The number of nitrogens with one attached hydrogen (secondary N) is 2. The molecule has 1 saturated heterocycles. The van der Waals surface area contributed by atoms with E-state index in [1.165, 1.54) is 7.11 Å². The first-order valence-electron chi connectivity index (χ1n) is 11.4. The van der Waals surface area contributed by atoms with Gasteiger partial charge in [0.15, 0.2) is 0 Å². The van der Waals surface area contributed by atoms with Crippen LogP contribution in [0.25, 0.3) is 0 Å². The van der Waals surface area contributed by atoms with Gasteiger partial charge >= 0.3 is 0 Å². The van der Waals surface area contributed by atoms with Gasteiger partial charge in [0.25, 0.3) is 11.8 Å². The molecule has 0 saturated carbocycles. The molecule has 1 heterocycles. The lowest BCUT2D eigenvalue weighted by Crippen LogP contribution is -2.28. The fourth-order valence-corrected chi connectivity index (χ4v) is 4.05. The zero-order chi connectivity index (χ0) is 23.9. The quantitative estimate of drug-likeness (QED) is 0.575. The van der Waals surface area contributed by atoms with E-state index in [1.807, 2.05) is 42.5 Å². The fourth-order valence-electron chi connectivity index (χ4n) is 4.05. The van der Waals surface area contributed by atoms with Gasteiger partial charge in [-0.3, -0.25) is 9.59 Å². The molecule has 0 aliphatic carbocycles. The summed E-state index contributed by atoms with van der Waals surface area (Å²) in [7, 11) is 3.65. The molecule has 0 aromatic heterocycles. The third kappa shape index (κ3) is 5.55. The minimum Gasteiger partial charge on any atom is -0.495 e. The van der Waals surface area contributed by atoms with E-state index in [0.29, 0.717) is 28.3 Å². The molecule has 0 radical (unpaired) electrons. The Morgan fingerprint density at radius 3 is 2.29 bits per heavy atom. The van der Waals surface area contributed by atoms with Gasteiger partial charge < -0.3 is 25.2 Å². The number of likely N-dealkylation sites (N-methyl/N-ethyl adjacent to an activating group) is 1. The van der Waals surface area contributed by atoms with E-state index in [4.69, 9.17) is 4.74 Å². The lowest BCUT2D eigenvalue weighted by molar-refractivity contribution is 0.102. The number of nitrogens with zero attached hydrogens (tertiary/aromatic N) is 2. The van der Waals surface area contributed by atoms with Crippen molar-refractivity contribution in [3.63, 3.8) is 0 Å². The molecule has 0 bridgehead atoms. The maximum atomic E-state index is 13.1. The fraction of sp³-hybridized carbons (Fsp3) is 0.259. The number of rotatable bonds is 6. The minimum atomic E-state index is -0.332. The molecule has 0 atom stereocenters. The average Bonchev–Trinajstić information content (AvgIpc) is 3.09. The van der Waals surface area contributed by atoms with Crippen LogP contribution in [-0.2, 0) is 0 Å². The zero-order valence-corrected chi connectivity index (χ0v) is 19.6. The van der Waals surface area contributed by atoms with Crippen molar-refractivity contribution in [1.29, 1.82) is 0 Å². The highest BCUT2D eigenvalue weighted by Crippen LogP contribution is 2.30. The highest BCUT2D eigenvalue weighted by Gasteiger charge is 2.19. The Kier molecular flexibility index (Phi) is 7.44. The van der Waals surface area contributed by atoms with Crippen LogP contribution in [-0.4, -0.2) is 57.1 Å². The summed E-state index contributed by atoms with van der Waals surface area (Å²) in [5.41, 5.74) is 2.94. The topological polar surface area (TPSA) is 73.9 Å². The van der Waals surface area contributed by atoms with Crippen LogP contribution < -0.4 is 20.3 Å². The van der Waals surface area contributed by atoms with E-state index in [1.54, 1.807) is 30.3 Å². The second kappa shape index (κ2) is 10.9.